The first-order chi connectivity index (χ1) is 10.5. The summed E-state index contributed by atoms with van der Waals surface area (Å²) >= 11 is 5.99. The Morgan fingerprint density at radius 2 is 2.18 bits per heavy atom. The van der Waals surface area contributed by atoms with Crippen LogP contribution in [0.25, 0.3) is 5.57 Å². The van der Waals surface area contributed by atoms with E-state index in [1.54, 1.807) is 6.20 Å². The number of allylic oxidation sites excluding steroid dienone is 2. The van der Waals surface area contributed by atoms with Gasteiger partial charge in [-0.15, -0.1) is 0 Å². The largest absolute Gasteiger partial charge is 0.401 e. The average molecular weight is 317 g/mol. The molecule has 22 heavy (non-hydrogen) atoms. The molecule has 0 radical (unpaired) electrons. The second-order valence-corrected chi connectivity index (χ2v) is 5.86. The van der Waals surface area contributed by atoms with Gasteiger partial charge in [0.1, 0.15) is 5.76 Å². The maximum Gasteiger partial charge on any atom is 0.141 e. The molecule has 0 saturated heterocycles. The third kappa shape index (κ3) is 2.99. The van der Waals surface area contributed by atoms with Crippen molar-refractivity contribution in [3.63, 3.8) is 0 Å². The summed E-state index contributed by atoms with van der Waals surface area (Å²) in [5.74, 6) is 0.791. The zero-order valence-electron chi connectivity index (χ0n) is 12.5. The van der Waals surface area contributed by atoms with E-state index in [-0.39, 0.29) is 0 Å². The van der Waals surface area contributed by atoms with Crippen molar-refractivity contribution in [2.75, 3.05) is 6.54 Å². The minimum Gasteiger partial charge on any atom is -0.401 e. The zero-order valence-corrected chi connectivity index (χ0v) is 13.3. The second kappa shape index (κ2) is 5.85. The van der Waals surface area contributed by atoms with Crippen molar-refractivity contribution >= 4 is 17.2 Å². The SMILES string of the molecule is Cc1noc(C)c1C1=CN(Cc2cncc(Cl)c2)CC(N)=C1. The van der Waals surface area contributed by atoms with Gasteiger partial charge in [-0.2, -0.15) is 0 Å². The van der Waals surface area contributed by atoms with Crippen molar-refractivity contribution < 1.29 is 4.52 Å². The molecule has 1 aliphatic rings. The number of halogens is 1. The molecule has 0 amide bonds. The molecule has 3 heterocycles. The highest BCUT2D eigenvalue weighted by atomic mass is 35.5. The summed E-state index contributed by atoms with van der Waals surface area (Å²) in [5, 5.41) is 4.64. The number of rotatable bonds is 3. The molecule has 2 aromatic heterocycles. The number of hydrogen-bond donors (Lipinski definition) is 1. The van der Waals surface area contributed by atoms with E-state index in [1.807, 2.05) is 32.2 Å². The molecule has 0 bridgehead atoms. The highest BCUT2D eigenvalue weighted by Crippen LogP contribution is 2.27. The summed E-state index contributed by atoms with van der Waals surface area (Å²) in [6, 6.07) is 1.91. The van der Waals surface area contributed by atoms with Crippen LogP contribution in [0, 0.1) is 13.8 Å². The molecule has 114 valence electrons. The van der Waals surface area contributed by atoms with Gasteiger partial charge in [-0.3, -0.25) is 4.98 Å². The molecule has 0 atom stereocenters. The van der Waals surface area contributed by atoms with Crippen molar-refractivity contribution in [2.24, 2.45) is 5.73 Å². The van der Waals surface area contributed by atoms with E-state index >= 15 is 0 Å². The average Bonchev–Trinajstić information content (AvgIpc) is 2.77. The third-order valence-electron chi connectivity index (χ3n) is 3.52. The highest BCUT2D eigenvalue weighted by Gasteiger charge is 2.18. The normalized spacial score (nSPS) is 14.8. The number of aryl methyl sites for hydroxylation is 2. The van der Waals surface area contributed by atoms with Crippen LogP contribution in [0.3, 0.4) is 0 Å². The molecule has 6 heteroatoms. The summed E-state index contributed by atoms with van der Waals surface area (Å²) < 4.78 is 5.25. The lowest BCUT2D eigenvalue weighted by atomic mass is 10.0. The lowest BCUT2D eigenvalue weighted by Gasteiger charge is -2.25. The first-order valence-electron chi connectivity index (χ1n) is 6.97. The molecule has 1 aliphatic heterocycles. The van der Waals surface area contributed by atoms with Crippen LogP contribution >= 0.6 is 11.6 Å². The first-order valence-corrected chi connectivity index (χ1v) is 7.35. The number of pyridine rings is 1. The molecule has 2 aromatic rings. The Labute approximate surface area is 134 Å². The Kier molecular flexibility index (Phi) is 3.90. The summed E-state index contributed by atoms with van der Waals surface area (Å²) in [7, 11) is 0. The van der Waals surface area contributed by atoms with Gasteiger partial charge in [-0.1, -0.05) is 16.8 Å². The molecule has 0 unspecified atom stereocenters. The van der Waals surface area contributed by atoms with Crippen molar-refractivity contribution in [3.05, 3.63) is 64.0 Å². The van der Waals surface area contributed by atoms with Crippen LogP contribution in [0.1, 0.15) is 22.6 Å². The Bertz CT molecular complexity index is 744. The van der Waals surface area contributed by atoms with E-state index in [1.165, 1.54) is 0 Å². The van der Waals surface area contributed by atoms with Crippen molar-refractivity contribution in [1.82, 2.24) is 15.0 Å². The maximum atomic E-state index is 6.09. The topological polar surface area (TPSA) is 68.2 Å². The molecule has 0 saturated carbocycles. The van der Waals surface area contributed by atoms with Gasteiger partial charge in [0, 0.05) is 42.0 Å². The van der Waals surface area contributed by atoms with Crippen LogP contribution in [0.15, 0.2) is 41.0 Å². The molecule has 3 rings (SSSR count). The summed E-state index contributed by atoms with van der Waals surface area (Å²) in [5.41, 5.74) is 10.8. The van der Waals surface area contributed by atoms with Crippen molar-refractivity contribution in [1.29, 1.82) is 0 Å². The van der Waals surface area contributed by atoms with Gasteiger partial charge in [0.25, 0.3) is 0 Å². The van der Waals surface area contributed by atoms with Gasteiger partial charge in [0.05, 0.1) is 17.3 Å². The minimum absolute atomic E-state index is 0.632. The Balaban J connectivity index is 1.90. The fourth-order valence-corrected chi connectivity index (χ4v) is 2.87. The van der Waals surface area contributed by atoms with Crippen LogP contribution in [-0.4, -0.2) is 21.6 Å². The van der Waals surface area contributed by atoms with E-state index in [4.69, 9.17) is 21.9 Å². The fourth-order valence-electron chi connectivity index (χ4n) is 2.67. The lowest BCUT2D eigenvalue weighted by Crippen LogP contribution is -2.26. The summed E-state index contributed by atoms with van der Waals surface area (Å²) in [4.78, 5) is 6.24. The van der Waals surface area contributed by atoms with Gasteiger partial charge < -0.3 is 15.2 Å². The van der Waals surface area contributed by atoms with E-state index in [2.05, 4.69) is 21.2 Å². The van der Waals surface area contributed by atoms with Crippen LogP contribution < -0.4 is 5.73 Å². The molecule has 0 aliphatic carbocycles. The Hall–Kier alpha value is -2.27. The van der Waals surface area contributed by atoms with Crippen LogP contribution in [0.5, 0.6) is 0 Å². The monoisotopic (exact) mass is 316 g/mol. The van der Waals surface area contributed by atoms with Crippen molar-refractivity contribution in [3.8, 4) is 0 Å². The number of nitrogens with zero attached hydrogens (tertiary/aromatic N) is 3. The highest BCUT2D eigenvalue weighted by molar-refractivity contribution is 6.30. The third-order valence-corrected chi connectivity index (χ3v) is 3.72. The Morgan fingerprint density at radius 3 is 2.86 bits per heavy atom. The molecular weight excluding hydrogens is 300 g/mol. The van der Waals surface area contributed by atoms with E-state index in [0.717, 1.165) is 33.9 Å². The second-order valence-electron chi connectivity index (χ2n) is 5.42. The number of nitrogens with two attached hydrogens (primary N) is 1. The standard InChI is InChI=1S/C16H17ClN4O/c1-10-16(11(2)22-20-10)13-4-15(18)9-21(8-13)7-12-3-14(17)6-19-5-12/h3-6,8H,7,9,18H2,1-2H3. The zero-order chi connectivity index (χ0) is 15.7. The summed E-state index contributed by atoms with van der Waals surface area (Å²) in [6.07, 6.45) is 7.48. The van der Waals surface area contributed by atoms with E-state index < -0.39 is 0 Å². The van der Waals surface area contributed by atoms with Gasteiger partial charge >= 0.3 is 0 Å². The number of hydrogen-bond acceptors (Lipinski definition) is 5. The van der Waals surface area contributed by atoms with E-state index in [9.17, 15) is 0 Å². The van der Waals surface area contributed by atoms with Crippen LogP contribution in [0.4, 0.5) is 0 Å². The predicted molar refractivity (Wildman–Crippen MR) is 85.9 cm³/mol. The number of aromatic nitrogens is 2. The maximum absolute atomic E-state index is 6.09. The molecule has 0 fully saturated rings. The fraction of sp³-hybridized carbons (Fsp3) is 0.250. The van der Waals surface area contributed by atoms with Crippen LogP contribution in [0.2, 0.25) is 5.02 Å². The smallest absolute Gasteiger partial charge is 0.141 e. The van der Waals surface area contributed by atoms with E-state index in [0.29, 0.717) is 18.1 Å². The lowest BCUT2D eigenvalue weighted by molar-refractivity contribution is 0.391. The quantitative estimate of drug-likeness (QED) is 0.942. The predicted octanol–water partition coefficient (Wildman–Crippen LogP) is 3.04. The van der Waals surface area contributed by atoms with Gasteiger partial charge in [0.15, 0.2) is 0 Å². The molecule has 0 aromatic carbocycles. The Morgan fingerprint density at radius 1 is 1.36 bits per heavy atom. The van der Waals surface area contributed by atoms with Crippen LogP contribution in [-0.2, 0) is 6.54 Å². The first kappa shape index (κ1) is 14.7. The molecule has 0 spiro atoms. The minimum atomic E-state index is 0.632. The molecular formula is C16H17ClN4O. The van der Waals surface area contributed by atoms with Gasteiger partial charge in [-0.05, 0) is 31.6 Å². The van der Waals surface area contributed by atoms with Gasteiger partial charge in [0.2, 0.25) is 0 Å². The molecule has 5 nitrogen and oxygen atoms in total. The van der Waals surface area contributed by atoms with Crippen molar-refractivity contribution in [2.45, 2.75) is 20.4 Å². The molecule has 2 N–H and O–H groups in total. The van der Waals surface area contributed by atoms with Gasteiger partial charge in [-0.25, -0.2) is 0 Å². The summed E-state index contributed by atoms with van der Waals surface area (Å²) in [6.45, 7) is 5.19.